The maximum Gasteiger partial charge on any atom is 0.573 e. The molecule has 0 saturated carbocycles. The number of piperidine rings is 1. The third kappa shape index (κ3) is 9.22. The van der Waals surface area contributed by atoms with Gasteiger partial charge >= 0.3 is 6.36 Å². The lowest BCUT2D eigenvalue weighted by Crippen LogP contribution is -2.51. The second-order valence-electron chi connectivity index (χ2n) is 16.6. The summed E-state index contributed by atoms with van der Waals surface area (Å²) in [6.45, 7) is 1.91. The van der Waals surface area contributed by atoms with Crippen molar-refractivity contribution in [1.82, 2.24) is 24.8 Å². The molecule has 4 heterocycles. The van der Waals surface area contributed by atoms with Crippen molar-refractivity contribution in [2.24, 2.45) is 24.8 Å². The normalized spacial score (nSPS) is 16.9. The van der Waals surface area contributed by atoms with E-state index in [2.05, 4.69) is 37.2 Å². The zero-order valence-corrected chi connectivity index (χ0v) is 36.8. The summed E-state index contributed by atoms with van der Waals surface area (Å²) in [6.07, 6.45) is -2.88. The van der Waals surface area contributed by atoms with Gasteiger partial charge in [0.15, 0.2) is 35.5 Å². The molecular formula is C49H38F4N6O10. The molecule has 2 aliphatic heterocycles. The molecule has 6 aromatic rings. The highest BCUT2D eigenvalue weighted by Crippen LogP contribution is 2.38. The molecule has 4 amide bonds. The van der Waals surface area contributed by atoms with Gasteiger partial charge in [0.25, 0.3) is 11.8 Å². The van der Waals surface area contributed by atoms with Crippen molar-refractivity contribution >= 4 is 56.9 Å². The number of halogens is 4. The van der Waals surface area contributed by atoms with Crippen LogP contribution in [0.5, 0.6) is 28.9 Å². The van der Waals surface area contributed by atoms with Gasteiger partial charge in [0.05, 0.1) is 34.8 Å². The number of nitrogens with zero attached hydrogens (tertiary/aromatic N) is 4. The van der Waals surface area contributed by atoms with E-state index in [4.69, 9.17) is 14.2 Å². The van der Waals surface area contributed by atoms with Crippen molar-refractivity contribution in [3.8, 4) is 40.7 Å². The predicted molar refractivity (Wildman–Crippen MR) is 237 cm³/mol. The summed E-state index contributed by atoms with van der Waals surface area (Å²) in [5.41, 5.74) is 1.55. The minimum absolute atomic E-state index is 0.0634. The Bertz CT molecular complexity index is 3300. The van der Waals surface area contributed by atoms with Crippen LogP contribution in [0.3, 0.4) is 0 Å². The number of fused-ring (bicyclic) bond motifs is 3. The molecule has 20 heteroatoms. The number of Topliss-reactive ketones (excluding diaryl/α,β-unsaturated/α-hetero) is 1. The van der Waals surface area contributed by atoms with Crippen molar-refractivity contribution in [3.63, 3.8) is 0 Å². The molecule has 2 saturated heterocycles. The van der Waals surface area contributed by atoms with Crippen LogP contribution in [-0.4, -0.2) is 82.0 Å². The summed E-state index contributed by atoms with van der Waals surface area (Å²) >= 11 is 0. The van der Waals surface area contributed by atoms with Crippen molar-refractivity contribution < 1.29 is 60.5 Å². The zero-order chi connectivity index (χ0) is 48.9. The minimum Gasteiger partial charge on any atom is -0.493 e. The number of carbonyl (C=O) groups is 5. The standard InChI is InChI=1S/C49H38F4N6O10/c1-24-43(45(63)34-17-29(69-49(51,52)53)8-11-37(34)58(24)2)47(65)56-28-7-12-38(35(50)16-28)68-48-33-18-39(66-3)40(19-36(33)54-23-55-48)67-22-42(61)59-20-26(21-59)5-4-25-6-9-30-27(14-25)15-32(44(30)62)31-10-13-41(60)57-46(31)64/h6-9,11-12,14,16-19,23,26,31-32H,10,13,15,20-22H2,1-3H3,(H,56,65)(H,57,60,64). The topological polar surface area (TPSA) is 197 Å². The fourth-order valence-corrected chi connectivity index (χ4v) is 8.67. The third-order valence-electron chi connectivity index (χ3n) is 12.3. The largest absolute Gasteiger partial charge is 0.573 e. The first kappa shape index (κ1) is 45.8. The van der Waals surface area contributed by atoms with Crippen molar-refractivity contribution in [2.75, 3.05) is 32.1 Å². The van der Waals surface area contributed by atoms with E-state index in [9.17, 15) is 41.9 Å². The van der Waals surface area contributed by atoms with Crippen LogP contribution in [-0.2, 0) is 27.9 Å². The predicted octanol–water partition coefficient (Wildman–Crippen LogP) is 6.18. The zero-order valence-electron chi connectivity index (χ0n) is 36.8. The first-order chi connectivity index (χ1) is 32.9. The van der Waals surface area contributed by atoms with Crippen LogP contribution in [0.15, 0.2) is 77.9 Å². The lowest BCUT2D eigenvalue weighted by Gasteiger charge is -2.36. The Hall–Kier alpha value is -8.34. The molecule has 1 aliphatic carbocycles. The van der Waals surface area contributed by atoms with Crippen LogP contribution in [0.25, 0.3) is 21.8 Å². The number of pyridine rings is 1. The minimum atomic E-state index is -5.01. The Morgan fingerprint density at radius 3 is 2.46 bits per heavy atom. The van der Waals surface area contributed by atoms with Crippen LogP contribution < -0.4 is 35.0 Å². The Labute approximate surface area is 388 Å². The molecule has 9 rings (SSSR count). The summed E-state index contributed by atoms with van der Waals surface area (Å²) in [7, 11) is 2.92. The molecule has 16 nitrogen and oxygen atoms in total. The molecule has 0 spiro atoms. The van der Waals surface area contributed by atoms with Gasteiger partial charge in [-0.15, -0.1) is 13.2 Å². The van der Waals surface area contributed by atoms with Gasteiger partial charge < -0.3 is 33.7 Å². The number of ether oxygens (including phenoxy) is 4. The number of hydrogen-bond acceptors (Lipinski definition) is 12. The van der Waals surface area contributed by atoms with Crippen LogP contribution in [0.2, 0.25) is 0 Å². The molecule has 2 fully saturated rings. The van der Waals surface area contributed by atoms with Gasteiger partial charge in [0, 0.05) is 73.0 Å². The number of aryl methyl sites for hydroxylation is 1. The summed E-state index contributed by atoms with van der Waals surface area (Å²) in [5.74, 6) is 1.54. The number of imide groups is 1. The van der Waals surface area contributed by atoms with Gasteiger partial charge in [0.1, 0.15) is 17.6 Å². The van der Waals surface area contributed by atoms with E-state index in [-0.39, 0.29) is 87.5 Å². The van der Waals surface area contributed by atoms with Crippen LogP contribution in [0, 0.1) is 42.3 Å². The SMILES string of the molecule is COc1cc2c(Oc3ccc(NC(=O)c4c(C)n(C)c5ccc(OC(F)(F)F)cc5c4=O)cc3F)ncnc2cc1OCC(=O)N1CC(C#Cc2ccc3c(c2)CC(C2CCC(=O)NC2=O)C3=O)C1. The first-order valence-electron chi connectivity index (χ1n) is 21.4. The molecule has 69 heavy (non-hydrogen) atoms. The van der Waals surface area contributed by atoms with E-state index >= 15 is 4.39 Å². The summed E-state index contributed by atoms with van der Waals surface area (Å²) in [5, 5.41) is 4.89. The Morgan fingerprint density at radius 2 is 1.72 bits per heavy atom. The number of carbonyl (C=O) groups excluding carboxylic acids is 5. The number of alkyl halides is 3. The smallest absolute Gasteiger partial charge is 0.493 e. The second kappa shape index (κ2) is 18.0. The van der Waals surface area contributed by atoms with Crippen molar-refractivity contribution in [3.05, 3.63) is 117 Å². The number of benzene rings is 4. The maximum absolute atomic E-state index is 15.6. The molecule has 4 aromatic carbocycles. The maximum atomic E-state index is 15.6. The summed E-state index contributed by atoms with van der Waals surface area (Å²) in [6, 6.07) is 15.0. The van der Waals surface area contributed by atoms with Gasteiger partial charge in [-0.25, -0.2) is 14.4 Å². The lowest BCUT2D eigenvalue weighted by molar-refractivity contribution is -0.274. The quantitative estimate of drug-likeness (QED) is 0.0901. The molecule has 352 valence electrons. The van der Waals surface area contributed by atoms with Crippen LogP contribution >= 0.6 is 0 Å². The van der Waals surface area contributed by atoms with Crippen LogP contribution in [0.1, 0.15) is 50.4 Å². The molecule has 2 N–H and O–H groups in total. The van der Waals surface area contributed by atoms with E-state index in [1.54, 1.807) is 17.0 Å². The molecule has 0 radical (unpaired) electrons. The number of likely N-dealkylation sites (tertiary alicyclic amines) is 1. The highest BCUT2D eigenvalue weighted by Gasteiger charge is 2.42. The Balaban J connectivity index is 0.814. The molecular weight excluding hydrogens is 909 g/mol. The number of rotatable bonds is 10. The van der Waals surface area contributed by atoms with Crippen molar-refractivity contribution in [1.29, 1.82) is 0 Å². The van der Waals surface area contributed by atoms with E-state index in [1.165, 1.54) is 62.3 Å². The van der Waals surface area contributed by atoms with E-state index in [1.807, 2.05) is 6.07 Å². The fourth-order valence-electron chi connectivity index (χ4n) is 8.67. The number of aromatic nitrogens is 3. The highest BCUT2D eigenvalue weighted by atomic mass is 19.4. The number of nitrogens with one attached hydrogen (secondary N) is 2. The average Bonchev–Trinajstić information content (AvgIpc) is 3.61. The molecule has 3 aliphatic rings. The monoisotopic (exact) mass is 946 g/mol. The molecule has 2 atom stereocenters. The number of ketones is 1. The van der Waals surface area contributed by atoms with Gasteiger partial charge in [0.2, 0.25) is 23.1 Å². The number of hydrogen-bond donors (Lipinski definition) is 2. The van der Waals surface area contributed by atoms with Gasteiger partial charge in [-0.3, -0.25) is 34.1 Å². The summed E-state index contributed by atoms with van der Waals surface area (Å²) < 4.78 is 76.9. The number of anilines is 1. The number of methoxy groups -OCH3 is 1. The average molecular weight is 947 g/mol. The second-order valence-corrected chi connectivity index (χ2v) is 16.6. The lowest BCUT2D eigenvalue weighted by atomic mass is 9.83. The highest BCUT2D eigenvalue weighted by molar-refractivity contribution is 6.08. The number of amides is 4. The van der Waals surface area contributed by atoms with Crippen molar-refractivity contribution in [2.45, 2.75) is 32.5 Å². The summed E-state index contributed by atoms with van der Waals surface area (Å²) in [4.78, 5) is 87.1. The molecule has 2 unspecified atom stereocenters. The Morgan fingerprint density at radius 1 is 0.928 bits per heavy atom. The fraction of sp³-hybridized carbons (Fsp3) is 0.265. The first-order valence-corrected chi connectivity index (χ1v) is 21.4. The van der Waals surface area contributed by atoms with Crippen LogP contribution in [0.4, 0.5) is 23.2 Å². The van der Waals surface area contributed by atoms with Gasteiger partial charge in [-0.05, 0) is 79.9 Å². The van der Waals surface area contributed by atoms with Gasteiger partial charge in [-0.1, -0.05) is 11.8 Å². The van der Waals surface area contributed by atoms with E-state index < -0.39 is 47.0 Å². The van der Waals surface area contributed by atoms with E-state index in [0.717, 1.165) is 23.8 Å². The Kier molecular flexibility index (Phi) is 12.0. The van der Waals surface area contributed by atoms with Gasteiger partial charge in [-0.2, -0.15) is 0 Å². The van der Waals surface area contributed by atoms with E-state index in [0.29, 0.717) is 48.0 Å². The molecule has 0 bridgehead atoms. The third-order valence-corrected chi connectivity index (χ3v) is 12.3. The molecule has 2 aromatic heterocycles.